The number of hydrogen-bond acceptors (Lipinski definition) is 2. The highest BCUT2D eigenvalue weighted by Crippen LogP contribution is 2.28. The number of carbonyl (C=O) groups is 1. The van der Waals surface area contributed by atoms with Gasteiger partial charge in [-0.1, -0.05) is 30.2 Å². The third-order valence-corrected chi connectivity index (χ3v) is 3.92. The molecule has 21 heavy (non-hydrogen) atoms. The van der Waals surface area contributed by atoms with E-state index in [1.807, 2.05) is 37.8 Å². The van der Waals surface area contributed by atoms with Crippen LogP contribution in [0.3, 0.4) is 0 Å². The average molecular weight is 310 g/mol. The van der Waals surface area contributed by atoms with Gasteiger partial charge < -0.3 is 9.64 Å². The van der Waals surface area contributed by atoms with Crippen molar-refractivity contribution in [3.63, 3.8) is 0 Å². The van der Waals surface area contributed by atoms with Crippen LogP contribution in [0.15, 0.2) is 24.3 Å². The molecule has 0 aliphatic carbocycles. The molecule has 1 aliphatic heterocycles. The van der Waals surface area contributed by atoms with Crippen LogP contribution in [0, 0.1) is 0 Å². The van der Waals surface area contributed by atoms with E-state index in [1.54, 1.807) is 0 Å². The summed E-state index contributed by atoms with van der Waals surface area (Å²) in [5.74, 6) is 0.359. The molecular weight excluding hydrogens is 286 g/mol. The molecular formula is C17H24ClNO2. The van der Waals surface area contributed by atoms with Gasteiger partial charge in [-0.25, -0.2) is 4.79 Å². The quantitative estimate of drug-likeness (QED) is 0.742. The smallest absolute Gasteiger partial charge is 0.410 e. The summed E-state index contributed by atoms with van der Waals surface area (Å²) in [5.41, 5.74) is 0.800. The molecule has 1 aromatic rings. The van der Waals surface area contributed by atoms with Crippen LogP contribution in [0.2, 0.25) is 5.02 Å². The van der Waals surface area contributed by atoms with Gasteiger partial charge in [0.15, 0.2) is 0 Å². The molecule has 1 fully saturated rings. The van der Waals surface area contributed by atoms with Gasteiger partial charge in [0, 0.05) is 24.0 Å². The lowest BCUT2D eigenvalue weighted by Crippen LogP contribution is -2.38. The zero-order valence-corrected chi connectivity index (χ0v) is 13.8. The van der Waals surface area contributed by atoms with Crippen LogP contribution in [0.1, 0.15) is 51.5 Å². The third kappa shape index (κ3) is 4.92. The monoisotopic (exact) mass is 309 g/mol. The largest absolute Gasteiger partial charge is 0.444 e. The van der Waals surface area contributed by atoms with Crippen LogP contribution < -0.4 is 0 Å². The van der Waals surface area contributed by atoms with Crippen molar-refractivity contribution >= 4 is 17.7 Å². The van der Waals surface area contributed by atoms with Crippen LogP contribution in [-0.2, 0) is 4.74 Å². The SMILES string of the molecule is CC(C)(C)OC(=O)N1CCCCC(c2ccc(Cl)cc2)C1. The lowest BCUT2D eigenvalue weighted by molar-refractivity contribution is 0.0249. The first-order valence-corrected chi connectivity index (χ1v) is 7.96. The predicted octanol–water partition coefficient (Wildman–Crippen LogP) is 4.84. The normalized spacial score (nSPS) is 20.0. The first-order valence-electron chi connectivity index (χ1n) is 7.58. The number of halogens is 1. The fourth-order valence-corrected chi connectivity index (χ4v) is 2.77. The van der Waals surface area contributed by atoms with E-state index in [2.05, 4.69) is 12.1 Å². The minimum atomic E-state index is -0.445. The number of amides is 1. The van der Waals surface area contributed by atoms with Crippen molar-refractivity contribution in [1.29, 1.82) is 0 Å². The molecule has 0 radical (unpaired) electrons. The van der Waals surface area contributed by atoms with Crippen molar-refractivity contribution in [3.8, 4) is 0 Å². The molecule has 1 unspecified atom stereocenters. The highest BCUT2D eigenvalue weighted by atomic mass is 35.5. The zero-order chi connectivity index (χ0) is 15.5. The average Bonchev–Trinajstić information content (AvgIpc) is 2.63. The number of likely N-dealkylation sites (tertiary alicyclic amines) is 1. The second-order valence-electron chi connectivity index (χ2n) is 6.67. The Balaban J connectivity index is 2.07. The Morgan fingerprint density at radius 2 is 1.90 bits per heavy atom. The van der Waals surface area contributed by atoms with Crippen molar-refractivity contribution in [2.45, 2.75) is 51.6 Å². The van der Waals surface area contributed by atoms with Gasteiger partial charge in [0.25, 0.3) is 0 Å². The van der Waals surface area contributed by atoms with Crippen molar-refractivity contribution < 1.29 is 9.53 Å². The summed E-state index contributed by atoms with van der Waals surface area (Å²) in [6.07, 6.45) is 3.06. The van der Waals surface area contributed by atoms with Crippen LogP contribution in [-0.4, -0.2) is 29.7 Å². The Morgan fingerprint density at radius 1 is 1.24 bits per heavy atom. The van der Waals surface area contributed by atoms with E-state index in [9.17, 15) is 4.79 Å². The van der Waals surface area contributed by atoms with E-state index in [0.717, 1.165) is 37.4 Å². The number of nitrogens with zero attached hydrogens (tertiary/aromatic N) is 1. The number of benzene rings is 1. The van der Waals surface area contributed by atoms with Gasteiger partial charge in [0.05, 0.1) is 0 Å². The van der Waals surface area contributed by atoms with Crippen molar-refractivity contribution in [2.24, 2.45) is 0 Å². The van der Waals surface area contributed by atoms with Gasteiger partial charge in [0.2, 0.25) is 0 Å². The molecule has 0 bridgehead atoms. The van der Waals surface area contributed by atoms with Gasteiger partial charge in [-0.05, 0) is 51.3 Å². The van der Waals surface area contributed by atoms with E-state index in [-0.39, 0.29) is 6.09 Å². The van der Waals surface area contributed by atoms with Gasteiger partial charge in [-0.3, -0.25) is 0 Å². The van der Waals surface area contributed by atoms with Crippen LogP contribution in [0.4, 0.5) is 4.79 Å². The van der Waals surface area contributed by atoms with E-state index in [1.165, 1.54) is 5.56 Å². The Bertz CT molecular complexity index is 479. The van der Waals surface area contributed by atoms with Crippen LogP contribution in [0.5, 0.6) is 0 Å². The second kappa shape index (κ2) is 6.69. The summed E-state index contributed by atoms with van der Waals surface area (Å²) < 4.78 is 5.50. The van der Waals surface area contributed by atoms with Gasteiger partial charge in [0.1, 0.15) is 5.60 Å². The molecule has 1 atom stereocenters. The lowest BCUT2D eigenvalue weighted by Gasteiger charge is -2.28. The first kappa shape index (κ1) is 16.2. The maximum Gasteiger partial charge on any atom is 0.410 e. The molecule has 2 rings (SSSR count). The summed E-state index contributed by atoms with van der Waals surface area (Å²) in [4.78, 5) is 14.1. The Morgan fingerprint density at radius 3 is 2.52 bits per heavy atom. The number of rotatable bonds is 1. The maximum atomic E-state index is 12.3. The number of hydrogen-bond donors (Lipinski definition) is 0. The minimum absolute atomic E-state index is 0.205. The highest BCUT2D eigenvalue weighted by Gasteiger charge is 2.26. The fraction of sp³-hybridized carbons (Fsp3) is 0.588. The van der Waals surface area contributed by atoms with Crippen molar-refractivity contribution in [3.05, 3.63) is 34.9 Å². The second-order valence-corrected chi connectivity index (χ2v) is 7.11. The van der Waals surface area contributed by atoms with Crippen LogP contribution >= 0.6 is 11.6 Å². The Labute approximate surface area is 132 Å². The fourth-order valence-electron chi connectivity index (χ4n) is 2.64. The predicted molar refractivity (Wildman–Crippen MR) is 85.9 cm³/mol. The van der Waals surface area contributed by atoms with E-state index >= 15 is 0 Å². The molecule has 0 saturated carbocycles. The van der Waals surface area contributed by atoms with Crippen molar-refractivity contribution in [2.75, 3.05) is 13.1 Å². The molecule has 116 valence electrons. The number of carbonyl (C=O) groups excluding carboxylic acids is 1. The molecule has 4 heteroatoms. The van der Waals surface area contributed by atoms with Crippen molar-refractivity contribution in [1.82, 2.24) is 4.90 Å². The summed E-state index contributed by atoms with van der Waals surface area (Å²) in [6.45, 7) is 7.20. The van der Waals surface area contributed by atoms with E-state index in [0.29, 0.717) is 5.92 Å². The summed E-state index contributed by atoms with van der Waals surface area (Å²) in [6, 6.07) is 7.95. The van der Waals surface area contributed by atoms with Gasteiger partial charge >= 0.3 is 6.09 Å². The number of ether oxygens (including phenoxy) is 1. The Hall–Kier alpha value is -1.22. The molecule has 0 spiro atoms. The van der Waals surface area contributed by atoms with Gasteiger partial charge in [-0.15, -0.1) is 0 Å². The lowest BCUT2D eigenvalue weighted by atomic mass is 9.94. The maximum absolute atomic E-state index is 12.3. The summed E-state index contributed by atoms with van der Waals surface area (Å²) in [7, 11) is 0. The standard InChI is InChI=1S/C17H24ClNO2/c1-17(2,3)21-16(20)19-11-5-4-6-14(12-19)13-7-9-15(18)10-8-13/h7-10,14H,4-6,11-12H2,1-3H3. The molecule has 0 aromatic heterocycles. The zero-order valence-electron chi connectivity index (χ0n) is 13.1. The third-order valence-electron chi connectivity index (χ3n) is 3.66. The van der Waals surface area contributed by atoms with E-state index < -0.39 is 5.60 Å². The molecule has 3 nitrogen and oxygen atoms in total. The highest BCUT2D eigenvalue weighted by molar-refractivity contribution is 6.30. The van der Waals surface area contributed by atoms with Crippen LogP contribution in [0.25, 0.3) is 0 Å². The molecule has 1 heterocycles. The molecule has 0 N–H and O–H groups in total. The Kier molecular flexibility index (Phi) is 5.15. The molecule has 1 aromatic carbocycles. The molecule has 1 amide bonds. The topological polar surface area (TPSA) is 29.5 Å². The summed E-state index contributed by atoms with van der Waals surface area (Å²) in [5, 5.41) is 0.747. The molecule has 1 aliphatic rings. The van der Waals surface area contributed by atoms with Gasteiger partial charge in [-0.2, -0.15) is 0 Å². The van der Waals surface area contributed by atoms with E-state index in [4.69, 9.17) is 16.3 Å². The molecule has 1 saturated heterocycles. The first-order chi connectivity index (χ1) is 9.85. The minimum Gasteiger partial charge on any atom is -0.444 e. The summed E-state index contributed by atoms with van der Waals surface area (Å²) >= 11 is 5.95.